The Labute approximate surface area is 188 Å². The number of ketones is 1. The molecule has 0 aliphatic rings. The zero-order valence-electron chi connectivity index (χ0n) is 17.2. The number of benzene rings is 1. The Balaban J connectivity index is 1.70. The largest absolute Gasteiger partial charge is 0.449 e. The van der Waals surface area contributed by atoms with E-state index in [2.05, 4.69) is 15.1 Å². The summed E-state index contributed by atoms with van der Waals surface area (Å²) in [6.07, 6.45) is -9.12. The van der Waals surface area contributed by atoms with Crippen molar-refractivity contribution < 1.29 is 31.1 Å². The molecule has 0 atom stereocenters. The molecule has 4 aromatic rings. The van der Waals surface area contributed by atoms with Gasteiger partial charge in [0, 0.05) is 28.8 Å². The first-order valence-electron chi connectivity index (χ1n) is 9.81. The summed E-state index contributed by atoms with van der Waals surface area (Å²) in [6, 6.07) is 11.3. The van der Waals surface area contributed by atoms with Crippen LogP contribution in [0.2, 0.25) is 0 Å². The number of alkyl halides is 6. The number of carbonyl (C=O) groups excluding carboxylic acids is 1. The van der Waals surface area contributed by atoms with Crippen molar-refractivity contribution in [2.75, 3.05) is 5.73 Å². The van der Waals surface area contributed by atoms with E-state index < -0.39 is 30.3 Å². The fraction of sp³-hybridized carbons (Fsp3) is 0.182. The number of aromatic nitrogens is 4. The van der Waals surface area contributed by atoms with E-state index in [9.17, 15) is 31.1 Å². The highest BCUT2D eigenvalue weighted by molar-refractivity contribution is 5.85. The molecular formula is C22H15F6N5O. The van der Waals surface area contributed by atoms with Crippen molar-refractivity contribution in [1.29, 1.82) is 0 Å². The highest BCUT2D eigenvalue weighted by atomic mass is 19.4. The summed E-state index contributed by atoms with van der Waals surface area (Å²) in [4.78, 5) is 19.1. The normalized spacial score (nSPS) is 12.3. The maximum Gasteiger partial charge on any atom is 0.449 e. The van der Waals surface area contributed by atoms with Crippen molar-refractivity contribution in [2.24, 2.45) is 0 Å². The minimum atomic E-state index is -4.93. The molecule has 0 radical (unpaired) electrons. The topological polar surface area (TPSA) is 86.7 Å². The Morgan fingerprint density at radius 1 is 0.971 bits per heavy atom. The van der Waals surface area contributed by atoms with Crippen LogP contribution < -0.4 is 5.73 Å². The van der Waals surface area contributed by atoms with E-state index in [0.717, 1.165) is 6.07 Å². The second-order valence-corrected chi connectivity index (χ2v) is 7.41. The predicted octanol–water partition coefficient (Wildman–Crippen LogP) is 5.15. The number of nitrogen functional groups attached to an aromatic ring is 1. The molecule has 0 fully saturated rings. The van der Waals surface area contributed by atoms with Crippen LogP contribution in [0, 0.1) is 0 Å². The first kappa shape index (κ1) is 23.2. The molecular weight excluding hydrogens is 464 g/mol. The number of pyridine rings is 2. The predicted molar refractivity (Wildman–Crippen MR) is 111 cm³/mol. The number of halogens is 6. The number of anilines is 1. The van der Waals surface area contributed by atoms with Crippen molar-refractivity contribution in [3.05, 3.63) is 66.1 Å². The van der Waals surface area contributed by atoms with Gasteiger partial charge in [0.15, 0.2) is 5.82 Å². The molecule has 0 spiro atoms. The molecule has 3 aromatic heterocycles. The third kappa shape index (κ3) is 4.85. The van der Waals surface area contributed by atoms with Crippen molar-refractivity contribution >= 4 is 22.4 Å². The Hall–Kier alpha value is -3.96. The third-order valence-corrected chi connectivity index (χ3v) is 4.93. The van der Waals surface area contributed by atoms with E-state index in [1.54, 1.807) is 18.2 Å². The van der Waals surface area contributed by atoms with Gasteiger partial charge in [0.05, 0.1) is 17.4 Å². The fourth-order valence-electron chi connectivity index (χ4n) is 3.33. The smallest absolute Gasteiger partial charge is 0.399 e. The zero-order valence-corrected chi connectivity index (χ0v) is 17.2. The number of aryl methyl sites for hydroxylation is 1. The maximum atomic E-state index is 13.1. The van der Waals surface area contributed by atoms with Gasteiger partial charge < -0.3 is 5.73 Å². The molecule has 3 heterocycles. The number of carbonyl (C=O) groups is 1. The van der Waals surface area contributed by atoms with E-state index in [0.29, 0.717) is 22.2 Å². The van der Waals surface area contributed by atoms with Crippen LogP contribution in [0.4, 0.5) is 32.0 Å². The van der Waals surface area contributed by atoms with E-state index in [1.165, 1.54) is 35.1 Å². The number of hydrogen-bond donors (Lipinski definition) is 1. The van der Waals surface area contributed by atoms with Crippen molar-refractivity contribution in [2.45, 2.75) is 25.2 Å². The van der Waals surface area contributed by atoms with Gasteiger partial charge in [0.1, 0.15) is 5.69 Å². The summed E-state index contributed by atoms with van der Waals surface area (Å²) < 4.78 is 77.9. The van der Waals surface area contributed by atoms with Crippen LogP contribution in [0.5, 0.6) is 0 Å². The molecule has 6 nitrogen and oxygen atoms in total. The Morgan fingerprint density at radius 2 is 1.74 bits per heavy atom. The molecule has 0 unspecified atom stereocenters. The Bertz CT molecular complexity index is 1380. The van der Waals surface area contributed by atoms with Gasteiger partial charge in [0.2, 0.25) is 5.78 Å². The third-order valence-electron chi connectivity index (χ3n) is 4.93. The van der Waals surface area contributed by atoms with Crippen LogP contribution in [0.25, 0.3) is 28.0 Å². The van der Waals surface area contributed by atoms with Crippen LogP contribution in [-0.4, -0.2) is 31.7 Å². The lowest BCUT2D eigenvalue weighted by Gasteiger charge is -2.10. The first-order valence-corrected chi connectivity index (χ1v) is 9.81. The number of nitrogens with two attached hydrogens (primary N) is 1. The zero-order chi connectivity index (χ0) is 24.7. The number of Topliss-reactive ketones (excluding diaryl/α,β-unsaturated/α-hetero) is 1. The Kier molecular flexibility index (Phi) is 5.75. The molecule has 0 bridgehead atoms. The molecule has 2 N–H and O–H groups in total. The van der Waals surface area contributed by atoms with Gasteiger partial charge >= 0.3 is 12.4 Å². The monoisotopic (exact) mass is 479 g/mol. The van der Waals surface area contributed by atoms with Gasteiger partial charge in [-0.1, -0.05) is 18.2 Å². The molecule has 0 saturated carbocycles. The highest BCUT2D eigenvalue weighted by Crippen LogP contribution is 2.30. The standard InChI is InChI=1S/C22H15F6N5O/c23-21(24,25)18-2-1-3-20(32-18)33-17-8-12(4-5-13(17)11-30-33)16-10-14(29)9-15(31-16)6-7-19(34)22(26,27)28/h1-5,8-11H,6-7H2,(H2,29,31). The van der Waals surface area contributed by atoms with E-state index in [-0.39, 0.29) is 23.6 Å². The lowest BCUT2D eigenvalue weighted by atomic mass is 10.1. The second kappa shape index (κ2) is 8.43. The minimum Gasteiger partial charge on any atom is -0.399 e. The van der Waals surface area contributed by atoms with Crippen LogP contribution in [-0.2, 0) is 17.4 Å². The Morgan fingerprint density at radius 3 is 2.44 bits per heavy atom. The quantitative estimate of drug-likeness (QED) is 0.400. The van der Waals surface area contributed by atoms with Gasteiger partial charge in [-0.15, -0.1) is 0 Å². The van der Waals surface area contributed by atoms with Crippen molar-refractivity contribution in [3.8, 4) is 17.1 Å². The summed E-state index contributed by atoms with van der Waals surface area (Å²) >= 11 is 0. The molecule has 0 saturated heterocycles. The lowest BCUT2D eigenvalue weighted by Crippen LogP contribution is -2.23. The summed E-state index contributed by atoms with van der Waals surface area (Å²) in [6.45, 7) is 0. The average molecular weight is 479 g/mol. The van der Waals surface area contributed by atoms with E-state index in [1.807, 2.05) is 0 Å². The van der Waals surface area contributed by atoms with Crippen molar-refractivity contribution in [3.63, 3.8) is 0 Å². The first-order chi connectivity index (χ1) is 15.9. The van der Waals surface area contributed by atoms with Gasteiger partial charge in [-0.05, 0) is 36.8 Å². The number of hydrogen-bond acceptors (Lipinski definition) is 5. The van der Waals surface area contributed by atoms with Crippen LogP contribution in [0.15, 0.2) is 54.7 Å². The molecule has 4 rings (SSSR count). The molecule has 0 amide bonds. The van der Waals surface area contributed by atoms with E-state index in [4.69, 9.17) is 5.73 Å². The van der Waals surface area contributed by atoms with E-state index >= 15 is 0 Å². The van der Waals surface area contributed by atoms with Crippen LogP contribution in [0.1, 0.15) is 17.8 Å². The SMILES string of the molecule is Nc1cc(CCC(=O)C(F)(F)F)nc(-c2ccc3cnn(-c4cccc(C(F)(F)F)n4)c3c2)c1. The summed E-state index contributed by atoms with van der Waals surface area (Å²) in [5.41, 5.74) is 6.48. The highest BCUT2D eigenvalue weighted by Gasteiger charge is 2.37. The summed E-state index contributed by atoms with van der Waals surface area (Å²) in [5, 5.41) is 4.74. The average Bonchev–Trinajstić information content (AvgIpc) is 3.19. The summed E-state index contributed by atoms with van der Waals surface area (Å²) in [5.74, 6) is -1.91. The number of fused-ring (bicyclic) bond motifs is 1. The molecule has 0 aliphatic heterocycles. The fourth-order valence-corrected chi connectivity index (χ4v) is 3.33. The molecule has 12 heteroatoms. The minimum absolute atomic E-state index is 0.0474. The molecule has 176 valence electrons. The van der Waals surface area contributed by atoms with Crippen LogP contribution >= 0.6 is 0 Å². The van der Waals surface area contributed by atoms with Gasteiger partial charge in [-0.3, -0.25) is 9.78 Å². The van der Waals surface area contributed by atoms with Gasteiger partial charge in [0.25, 0.3) is 0 Å². The maximum absolute atomic E-state index is 13.1. The molecule has 0 aliphatic carbocycles. The van der Waals surface area contributed by atoms with Crippen LogP contribution in [0.3, 0.4) is 0 Å². The lowest BCUT2D eigenvalue weighted by molar-refractivity contribution is -0.171. The van der Waals surface area contributed by atoms with Crippen molar-refractivity contribution in [1.82, 2.24) is 19.7 Å². The molecule has 34 heavy (non-hydrogen) atoms. The van der Waals surface area contributed by atoms with Gasteiger partial charge in [-0.25, -0.2) is 9.67 Å². The molecule has 1 aromatic carbocycles. The number of rotatable bonds is 5. The number of nitrogens with zero attached hydrogens (tertiary/aromatic N) is 4. The van der Waals surface area contributed by atoms with Gasteiger partial charge in [-0.2, -0.15) is 31.4 Å². The summed E-state index contributed by atoms with van der Waals surface area (Å²) in [7, 11) is 0. The second-order valence-electron chi connectivity index (χ2n) is 7.41.